The number of benzene rings is 1. The van der Waals surface area contributed by atoms with Gasteiger partial charge in [-0.25, -0.2) is 9.18 Å². The van der Waals surface area contributed by atoms with Crippen LogP contribution in [0.15, 0.2) is 24.3 Å². The Morgan fingerprint density at radius 1 is 1.23 bits per heavy atom. The van der Waals surface area contributed by atoms with Crippen LogP contribution in [0.3, 0.4) is 0 Å². The van der Waals surface area contributed by atoms with Crippen LogP contribution in [0.2, 0.25) is 0 Å². The zero-order chi connectivity index (χ0) is 19.3. The molecule has 3 nitrogen and oxygen atoms in total. The van der Waals surface area contributed by atoms with E-state index in [2.05, 4.69) is 5.32 Å². The number of alkyl carbamates (subject to hydrolysis) is 1. The molecule has 3 rings (SSSR count). The number of nitrogens with one attached hydrogen (secondary N) is 1. The summed E-state index contributed by atoms with van der Waals surface area (Å²) in [6.07, 6.45) is -1.07. The Labute approximate surface area is 149 Å². The van der Waals surface area contributed by atoms with E-state index >= 15 is 0 Å². The van der Waals surface area contributed by atoms with Crippen molar-refractivity contribution < 1.29 is 27.1 Å². The molecule has 1 spiro atoms. The lowest BCUT2D eigenvalue weighted by Gasteiger charge is -2.52. The first-order chi connectivity index (χ1) is 11.9. The summed E-state index contributed by atoms with van der Waals surface area (Å²) in [5.74, 6) is -0.858. The molecule has 1 N–H and O–H groups in total. The van der Waals surface area contributed by atoms with Gasteiger partial charge in [0, 0.05) is 11.6 Å². The smallest absolute Gasteiger partial charge is 0.416 e. The molecular weight excluding hydrogens is 350 g/mol. The SMILES string of the molecule is CC(C)(C)OC(=O)NC1CC2(C=C(c3ccc(C(F)(F)F)cc3F)C2)C1. The van der Waals surface area contributed by atoms with Crippen LogP contribution in [0.4, 0.5) is 22.4 Å². The van der Waals surface area contributed by atoms with Gasteiger partial charge in [-0.05, 0) is 63.2 Å². The average Bonchev–Trinajstić information content (AvgIpc) is 2.37. The van der Waals surface area contributed by atoms with Crippen LogP contribution in [0, 0.1) is 11.2 Å². The van der Waals surface area contributed by atoms with E-state index in [1.54, 1.807) is 20.8 Å². The van der Waals surface area contributed by atoms with Gasteiger partial charge in [0.15, 0.2) is 0 Å². The topological polar surface area (TPSA) is 38.3 Å². The van der Waals surface area contributed by atoms with Crippen LogP contribution in [0.25, 0.3) is 5.57 Å². The molecule has 0 unspecified atom stereocenters. The maximum absolute atomic E-state index is 14.0. The highest BCUT2D eigenvalue weighted by Crippen LogP contribution is 2.57. The summed E-state index contributed by atoms with van der Waals surface area (Å²) in [7, 11) is 0. The van der Waals surface area contributed by atoms with Crippen LogP contribution >= 0.6 is 0 Å². The molecule has 1 amide bonds. The lowest BCUT2D eigenvalue weighted by Crippen LogP contribution is -2.53. The highest BCUT2D eigenvalue weighted by Gasteiger charge is 2.49. The van der Waals surface area contributed by atoms with Crippen LogP contribution in [-0.4, -0.2) is 17.7 Å². The summed E-state index contributed by atoms with van der Waals surface area (Å²) in [4.78, 5) is 11.7. The van der Waals surface area contributed by atoms with E-state index in [9.17, 15) is 22.4 Å². The van der Waals surface area contributed by atoms with Crippen molar-refractivity contribution in [3.8, 4) is 0 Å². The number of carbonyl (C=O) groups is 1. The van der Waals surface area contributed by atoms with E-state index in [-0.39, 0.29) is 17.0 Å². The summed E-state index contributed by atoms with van der Waals surface area (Å²) in [5, 5.41) is 2.80. The number of ether oxygens (including phenoxy) is 1. The molecule has 0 radical (unpaired) electrons. The number of rotatable bonds is 2. The van der Waals surface area contributed by atoms with Gasteiger partial charge in [0.25, 0.3) is 0 Å². The molecule has 0 heterocycles. The predicted molar refractivity (Wildman–Crippen MR) is 88.8 cm³/mol. The maximum Gasteiger partial charge on any atom is 0.416 e. The van der Waals surface area contributed by atoms with Crippen molar-refractivity contribution in [3.05, 3.63) is 41.2 Å². The largest absolute Gasteiger partial charge is 0.444 e. The molecule has 1 saturated carbocycles. The summed E-state index contributed by atoms with van der Waals surface area (Å²) >= 11 is 0. The Balaban J connectivity index is 1.58. The van der Waals surface area contributed by atoms with E-state index in [0.29, 0.717) is 18.1 Å². The minimum atomic E-state index is -4.55. The number of alkyl halides is 3. The Bertz CT molecular complexity index is 756. The number of carbonyl (C=O) groups excluding carboxylic acids is 1. The van der Waals surface area contributed by atoms with Crippen molar-refractivity contribution in [2.24, 2.45) is 5.41 Å². The van der Waals surface area contributed by atoms with Crippen molar-refractivity contribution in [2.75, 3.05) is 0 Å². The Morgan fingerprint density at radius 2 is 1.85 bits per heavy atom. The zero-order valence-corrected chi connectivity index (χ0v) is 14.8. The van der Waals surface area contributed by atoms with E-state index < -0.39 is 29.3 Å². The third-order valence-electron chi connectivity index (χ3n) is 4.69. The third-order valence-corrected chi connectivity index (χ3v) is 4.69. The molecule has 1 aromatic carbocycles. The molecule has 0 saturated heterocycles. The molecule has 26 heavy (non-hydrogen) atoms. The highest BCUT2D eigenvalue weighted by molar-refractivity contribution is 5.74. The maximum atomic E-state index is 14.0. The van der Waals surface area contributed by atoms with E-state index in [0.717, 1.165) is 18.9 Å². The molecule has 0 aliphatic heterocycles. The molecule has 2 aliphatic carbocycles. The first-order valence-electron chi connectivity index (χ1n) is 8.45. The van der Waals surface area contributed by atoms with Crippen molar-refractivity contribution in [3.63, 3.8) is 0 Å². The summed E-state index contributed by atoms with van der Waals surface area (Å²) in [6, 6.07) is 2.62. The molecule has 0 atom stereocenters. The highest BCUT2D eigenvalue weighted by atomic mass is 19.4. The number of allylic oxidation sites excluding steroid dienone is 2. The normalized spacial score (nSPS) is 25.2. The van der Waals surface area contributed by atoms with Gasteiger partial charge >= 0.3 is 12.3 Å². The second-order valence-electron chi connectivity index (χ2n) is 8.15. The van der Waals surface area contributed by atoms with Gasteiger partial charge in [-0.1, -0.05) is 12.1 Å². The van der Waals surface area contributed by atoms with E-state index in [1.807, 2.05) is 6.08 Å². The van der Waals surface area contributed by atoms with Crippen LogP contribution in [0.1, 0.15) is 51.2 Å². The molecule has 0 aromatic heterocycles. The van der Waals surface area contributed by atoms with Crippen molar-refractivity contribution in [1.29, 1.82) is 0 Å². The number of halogens is 4. The van der Waals surface area contributed by atoms with Crippen molar-refractivity contribution in [1.82, 2.24) is 5.32 Å². The molecule has 0 bridgehead atoms. The Kier molecular flexibility index (Phi) is 4.32. The molecular formula is C19H21F4NO2. The molecule has 7 heteroatoms. The monoisotopic (exact) mass is 371 g/mol. The minimum absolute atomic E-state index is 0.0000948. The third kappa shape index (κ3) is 3.86. The second-order valence-corrected chi connectivity index (χ2v) is 8.15. The second kappa shape index (κ2) is 5.99. The first-order valence-corrected chi connectivity index (χ1v) is 8.45. The summed E-state index contributed by atoms with van der Waals surface area (Å²) in [6.45, 7) is 5.36. The quantitative estimate of drug-likeness (QED) is 0.716. The number of hydrogen-bond acceptors (Lipinski definition) is 2. The molecule has 2 aliphatic rings. The van der Waals surface area contributed by atoms with Crippen LogP contribution in [0.5, 0.6) is 0 Å². The predicted octanol–water partition coefficient (Wildman–Crippen LogP) is 5.31. The molecule has 1 aromatic rings. The zero-order valence-electron chi connectivity index (χ0n) is 14.8. The van der Waals surface area contributed by atoms with Crippen molar-refractivity contribution in [2.45, 2.75) is 57.9 Å². The van der Waals surface area contributed by atoms with Gasteiger partial charge in [0.05, 0.1) is 5.56 Å². The lowest BCUT2D eigenvalue weighted by molar-refractivity contribution is -0.137. The van der Waals surface area contributed by atoms with Gasteiger partial charge in [-0.2, -0.15) is 13.2 Å². The number of amides is 1. The fraction of sp³-hybridized carbons (Fsp3) is 0.526. The van der Waals surface area contributed by atoms with E-state index in [1.165, 1.54) is 6.07 Å². The van der Waals surface area contributed by atoms with Gasteiger partial charge in [0.1, 0.15) is 11.4 Å². The van der Waals surface area contributed by atoms with Crippen LogP contribution < -0.4 is 5.32 Å². The summed E-state index contributed by atoms with van der Waals surface area (Å²) in [5.41, 5.74) is -0.711. The molecule has 142 valence electrons. The Hall–Kier alpha value is -2.05. The van der Waals surface area contributed by atoms with Gasteiger partial charge < -0.3 is 10.1 Å². The van der Waals surface area contributed by atoms with E-state index in [4.69, 9.17) is 4.74 Å². The number of hydrogen-bond donors (Lipinski definition) is 1. The Morgan fingerprint density at radius 3 is 2.35 bits per heavy atom. The molecule has 1 fully saturated rings. The first kappa shape index (κ1) is 18.7. The van der Waals surface area contributed by atoms with Gasteiger partial charge in [-0.3, -0.25) is 0 Å². The van der Waals surface area contributed by atoms with Gasteiger partial charge in [0.2, 0.25) is 0 Å². The van der Waals surface area contributed by atoms with Crippen molar-refractivity contribution >= 4 is 11.7 Å². The fourth-order valence-electron chi connectivity index (χ4n) is 3.60. The fourth-order valence-corrected chi connectivity index (χ4v) is 3.60. The summed E-state index contributed by atoms with van der Waals surface area (Å²) < 4.78 is 57.0. The average molecular weight is 371 g/mol. The lowest BCUT2D eigenvalue weighted by atomic mass is 9.55. The minimum Gasteiger partial charge on any atom is -0.444 e. The standard InChI is InChI=1S/C19H21F4NO2/c1-17(2,3)26-16(25)24-13-9-18(10-13)7-11(8-18)14-5-4-12(6-15(14)20)19(21,22)23/h4-7,13H,8-10H2,1-3H3,(H,24,25). The van der Waals surface area contributed by atoms with Gasteiger partial charge in [-0.15, -0.1) is 0 Å². The van der Waals surface area contributed by atoms with Crippen LogP contribution in [-0.2, 0) is 10.9 Å².